The summed E-state index contributed by atoms with van der Waals surface area (Å²) in [5, 5.41) is 14.2. The Morgan fingerprint density at radius 3 is 2.35 bits per heavy atom. The van der Waals surface area contributed by atoms with Gasteiger partial charge in [-0.3, -0.25) is 14.5 Å². The van der Waals surface area contributed by atoms with Gasteiger partial charge in [-0.2, -0.15) is 4.31 Å². The first-order chi connectivity index (χ1) is 21.8. The molecule has 2 amide bonds. The molecule has 0 unspecified atom stereocenters. The zero-order valence-electron chi connectivity index (χ0n) is 26.1. The van der Waals surface area contributed by atoms with Gasteiger partial charge in [0.15, 0.2) is 23.5 Å². The molecule has 3 atom stereocenters. The van der Waals surface area contributed by atoms with Crippen LogP contribution in [0.25, 0.3) is 0 Å². The number of anilines is 1. The van der Waals surface area contributed by atoms with Gasteiger partial charge in [-0.15, -0.1) is 0 Å². The van der Waals surface area contributed by atoms with Crippen LogP contribution in [0, 0.1) is 11.7 Å². The van der Waals surface area contributed by atoms with E-state index in [-0.39, 0.29) is 41.9 Å². The van der Waals surface area contributed by atoms with E-state index in [9.17, 15) is 32.3 Å². The van der Waals surface area contributed by atoms with Crippen LogP contribution < -0.4 is 15.0 Å². The first-order valence-corrected chi connectivity index (χ1v) is 16.2. The number of benzene rings is 3. The summed E-state index contributed by atoms with van der Waals surface area (Å²) in [7, 11) is -3.01. The first kappa shape index (κ1) is 34.5. The van der Waals surface area contributed by atoms with Crippen molar-refractivity contribution in [2.75, 3.05) is 31.6 Å². The Labute approximate surface area is 268 Å². The summed E-state index contributed by atoms with van der Waals surface area (Å²) in [4.78, 5) is 38.7. The topological polar surface area (TPSA) is 143 Å². The van der Waals surface area contributed by atoms with Gasteiger partial charge in [-0.05, 0) is 67.3 Å². The van der Waals surface area contributed by atoms with Gasteiger partial charge in [0, 0.05) is 24.3 Å². The van der Waals surface area contributed by atoms with Crippen molar-refractivity contribution in [1.29, 1.82) is 0 Å². The summed E-state index contributed by atoms with van der Waals surface area (Å²) >= 11 is 0. The van der Waals surface area contributed by atoms with E-state index >= 15 is 0 Å². The molecule has 1 saturated heterocycles. The molecule has 246 valence electrons. The SMILES string of the molecule is COc1ccc(S(=O)(=O)N(CC(C)C)C[C@H](O)[C@H](Cc2ccccc2)NC(=O)[C@@H]2CN(c3ccc(C(C)=O)cc3)C(=O)O2)cc1F. The highest BCUT2D eigenvalue weighted by atomic mass is 32.2. The van der Waals surface area contributed by atoms with E-state index in [0.29, 0.717) is 11.3 Å². The number of carbonyl (C=O) groups is 3. The van der Waals surface area contributed by atoms with Crippen LogP contribution in [0.1, 0.15) is 36.7 Å². The summed E-state index contributed by atoms with van der Waals surface area (Å²) in [5.74, 6) is -1.92. The number of sulfonamides is 1. The lowest BCUT2D eigenvalue weighted by Gasteiger charge is -2.31. The van der Waals surface area contributed by atoms with Crippen molar-refractivity contribution in [2.45, 2.75) is 50.3 Å². The summed E-state index contributed by atoms with van der Waals surface area (Å²) < 4.78 is 53.2. The van der Waals surface area contributed by atoms with Crippen LogP contribution in [0.15, 0.2) is 77.7 Å². The van der Waals surface area contributed by atoms with E-state index < -0.39 is 52.6 Å². The van der Waals surface area contributed by atoms with Gasteiger partial charge >= 0.3 is 6.09 Å². The normalized spacial score (nSPS) is 16.3. The number of hydrogen-bond donors (Lipinski definition) is 2. The van der Waals surface area contributed by atoms with Gasteiger partial charge in [-0.1, -0.05) is 44.2 Å². The van der Waals surface area contributed by atoms with Crippen LogP contribution in [0.2, 0.25) is 0 Å². The summed E-state index contributed by atoms with van der Waals surface area (Å²) in [6, 6.07) is 17.6. The number of amides is 2. The molecule has 4 rings (SSSR count). The lowest BCUT2D eigenvalue weighted by Crippen LogP contribution is -2.53. The Bertz CT molecular complexity index is 1650. The van der Waals surface area contributed by atoms with E-state index in [1.165, 1.54) is 31.1 Å². The van der Waals surface area contributed by atoms with Gasteiger partial charge in [0.05, 0.1) is 30.7 Å². The van der Waals surface area contributed by atoms with Crippen LogP contribution in [0.4, 0.5) is 14.9 Å². The molecule has 0 spiro atoms. The second-order valence-corrected chi connectivity index (χ2v) is 13.4. The molecule has 0 radical (unpaired) electrons. The summed E-state index contributed by atoms with van der Waals surface area (Å²) in [6.45, 7) is 4.52. The molecule has 1 aliphatic heterocycles. The number of Topliss-reactive ketones (excluding diaryl/α,β-unsaturated/α-hetero) is 1. The highest BCUT2D eigenvalue weighted by molar-refractivity contribution is 7.89. The predicted molar refractivity (Wildman–Crippen MR) is 169 cm³/mol. The predicted octanol–water partition coefficient (Wildman–Crippen LogP) is 3.80. The van der Waals surface area contributed by atoms with E-state index in [2.05, 4.69) is 5.32 Å². The van der Waals surface area contributed by atoms with Crippen LogP contribution in [0.3, 0.4) is 0 Å². The molecule has 0 saturated carbocycles. The van der Waals surface area contributed by atoms with E-state index in [4.69, 9.17) is 9.47 Å². The quantitative estimate of drug-likeness (QED) is 0.250. The summed E-state index contributed by atoms with van der Waals surface area (Å²) in [5.41, 5.74) is 1.67. The molecular formula is C33H38FN3O8S. The van der Waals surface area contributed by atoms with Crippen LogP contribution in [-0.2, 0) is 26.0 Å². The minimum absolute atomic E-state index is 0.0106. The zero-order valence-corrected chi connectivity index (χ0v) is 26.9. The minimum Gasteiger partial charge on any atom is -0.494 e. The first-order valence-electron chi connectivity index (χ1n) is 14.7. The number of ketones is 1. The highest BCUT2D eigenvalue weighted by Gasteiger charge is 2.39. The fourth-order valence-corrected chi connectivity index (χ4v) is 6.72. The van der Waals surface area contributed by atoms with E-state index in [0.717, 1.165) is 15.9 Å². The number of aliphatic hydroxyl groups is 1. The Hall–Kier alpha value is -4.33. The van der Waals surface area contributed by atoms with Gasteiger partial charge < -0.3 is 19.9 Å². The van der Waals surface area contributed by atoms with Gasteiger partial charge in [0.1, 0.15) is 0 Å². The minimum atomic E-state index is -4.27. The third-order valence-electron chi connectivity index (χ3n) is 7.50. The summed E-state index contributed by atoms with van der Waals surface area (Å²) in [6.07, 6.45) is -3.25. The maximum Gasteiger partial charge on any atom is 0.415 e. The second-order valence-electron chi connectivity index (χ2n) is 11.5. The van der Waals surface area contributed by atoms with Crippen molar-refractivity contribution in [2.24, 2.45) is 5.92 Å². The Kier molecular flexibility index (Phi) is 11.1. The van der Waals surface area contributed by atoms with Crippen molar-refractivity contribution in [3.05, 3.63) is 89.7 Å². The number of ether oxygens (including phenoxy) is 2. The van der Waals surface area contributed by atoms with Gasteiger partial charge in [0.2, 0.25) is 10.0 Å². The smallest absolute Gasteiger partial charge is 0.415 e. The van der Waals surface area contributed by atoms with Crippen LogP contribution >= 0.6 is 0 Å². The third kappa shape index (κ3) is 8.27. The van der Waals surface area contributed by atoms with Crippen molar-refractivity contribution in [3.63, 3.8) is 0 Å². The van der Waals surface area contributed by atoms with E-state index in [1.54, 1.807) is 62.4 Å². The zero-order chi connectivity index (χ0) is 33.6. The van der Waals surface area contributed by atoms with Crippen molar-refractivity contribution in [3.8, 4) is 5.75 Å². The van der Waals surface area contributed by atoms with Crippen molar-refractivity contribution < 1.29 is 41.8 Å². The van der Waals surface area contributed by atoms with Crippen LogP contribution in [-0.4, -0.2) is 80.6 Å². The fourth-order valence-electron chi connectivity index (χ4n) is 5.08. The molecular weight excluding hydrogens is 617 g/mol. The fraction of sp³-hybridized carbons (Fsp3) is 0.364. The molecule has 2 N–H and O–H groups in total. The monoisotopic (exact) mass is 655 g/mol. The maximum absolute atomic E-state index is 14.5. The second kappa shape index (κ2) is 14.8. The largest absolute Gasteiger partial charge is 0.494 e. The molecule has 11 nitrogen and oxygen atoms in total. The number of carbonyl (C=O) groups excluding carboxylic acids is 3. The Morgan fingerprint density at radius 1 is 1.09 bits per heavy atom. The maximum atomic E-state index is 14.5. The van der Waals surface area contributed by atoms with Crippen molar-refractivity contribution in [1.82, 2.24) is 9.62 Å². The number of aliphatic hydroxyl groups excluding tert-OH is 1. The Balaban J connectivity index is 1.55. The molecule has 0 aliphatic carbocycles. The molecule has 0 bridgehead atoms. The van der Waals surface area contributed by atoms with E-state index in [1.807, 2.05) is 6.07 Å². The third-order valence-corrected chi connectivity index (χ3v) is 9.33. The molecule has 1 aliphatic rings. The average Bonchev–Trinajstić information content (AvgIpc) is 3.42. The molecule has 1 fully saturated rings. The molecule has 13 heteroatoms. The van der Waals surface area contributed by atoms with Crippen molar-refractivity contribution >= 4 is 33.5 Å². The number of nitrogens with one attached hydrogen (secondary N) is 1. The Morgan fingerprint density at radius 2 is 1.76 bits per heavy atom. The lowest BCUT2D eigenvalue weighted by molar-refractivity contribution is -0.129. The molecule has 46 heavy (non-hydrogen) atoms. The standard InChI is InChI=1S/C33H38FN3O8S/c1-21(2)18-36(46(42,43)26-14-15-30(44-4)27(34)17-26)19-29(39)28(16-23-8-6-5-7-9-23)35-32(40)31-20-37(33(41)45-31)25-12-10-24(11-13-25)22(3)38/h5-15,17,21,28-29,31,39H,16,18-20H2,1-4H3,(H,35,40)/t28-,29-,31-/m0/s1. The number of cyclic esters (lactones) is 1. The molecule has 0 aromatic heterocycles. The lowest BCUT2D eigenvalue weighted by atomic mass is 10.0. The highest BCUT2D eigenvalue weighted by Crippen LogP contribution is 2.26. The number of rotatable bonds is 14. The number of hydrogen-bond acceptors (Lipinski definition) is 8. The molecule has 3 aromatic carbocycles. The number of halogens is 1. The average molecular weight is 656 g/mol. The van der Waals surface area contributed by atoms with Gasteiger partial charge in [0.25, 0.3) is 5.91 Å². The number of methoxy groups -OCH3 is 1. The van der Waals surface area contributed by atoms with Crippen LogP contribution in [0.5, 0.6) is 5.75 Å². The van der Waals surface area contributed by atoms with Gasteiger partial charge in [-0.25, -0.2) is 17.6 Å². The number of nitrogens with zero attached hydrogens (tertiary/aromatic N) is 2. The molecule has 1 heterocycles. The molecule has 3 aromatic rings.